The molecule has 0 bridgehead atoms. The van der Waals surface area contributed by atoms with Crippen LogP contribution in [0.4, 0.5) is 0 Å². The Balaban J connectivity index is 2.29. The number of hydrogen-bond acceptors (Lipinski definition) is 2. The van der Waals surface area contributed by atoms with Crippen molar-refractivity contribution in [3.05, 3.63) is 28.8 Å². The van der Waals surface area contributed by atoms with Gasteiger partial charge in [-0.3, -0.25) is 0 Å². The van der Waals surface area contributed by atoms with Gasteiger partial charge in [-0.15, -0.1) is 11.6 Å². The molecule has 0 atom stereocenters. The second-order valence-electron chi connectivity index (χ2n) is 5.68. The first-order valence-electron chi connectivity index (χ1n) is 7.23. The molecule has 1 heterocycles. The summed E-state index contributed by atoms with van der Waals surface area (Å²) in [6.45, 7) is 5.44. The zero-order valence-electron chi connectivity index (χ0n) is 12.4. The van der Waals surface area contributed by atoms with E-state index >= 15 is 0 Å². The van der Waals surface area contributed by atoms with E-state index in [1.54, 1.807) is 16.4 Å². The van der Waals surface area contributed by atoms with Crippen LogP contribution in [0.3, 0.4) is 0 Å². The molecule has 0 unspecified atom stereocenters. The number of nitrogens with zero attached hydrogens (tertiary/aromatic N) is 1. The van der Waals surface area contributed by atoms with Crippen LogP contribution in [0.2, 0.25) is 5.02 Å². The number of rotatable bonds is 5. The van der Waals surface area contributed by atoms with Crippen LogP contribution < -0.4 is 0 Å². The van der Waals surface area contributed by atoms with Gasteiger partial charge in [-0.2, -0.15) is 4.31 Å². The molecule has 1 aromatic rings. The van der Waals surface area contributed by atoms with Crippen LogP contribution in [0.15, 0.2) is 23.1 Å². The molecule has 0 N–H and O–H groups in total. The first-order chi connectivity index (χ1) is 9.88. The van der Waals surface area contributed by atoms with Gasteiger partial charge in [-0.25, -0.2) is 8.42 Å². The molecule has 2 rings (SSSR count). The number of benzene rings is 1. The third-order valence-corrected chi connectivity index (χ3v) is 7.19. The summed E-state index contributed by atoms with van der Waals surface area (Å²) < 4.78 is 27.1. The van der Waals surface area contributed by atoms with Gasteiger partial charge in [0, 0.05) is 24.0 Å². The third kappa shape index (κ3) is 3.24. The van der Waals surface area contributed by atoms with Gasteiger partial charge < -0.3 is 0 Å². The predicted molar refractivity (Wildman–Crippen MR) is 87.4 cm³/mol. The maximum absolute atomic E-state index is 12.7. The van der Waals surface area contributed by atoms with Crippen molar-refractivity contribution >= 4 is 33.2 Å². The van der Waals surface area contributed by atoms with Crippen LogP contribution in [-0.2, 0) is 15.9 Å². The predicted octanol–water partition coefficient (Wildman–Crippen LogP) is 4.28. The van der Waals surface area contributed by atoms with E-state index in [1.165, 1.54) is 6.07 Å². The summed E-state index contributed by atoms with van der Waals surface area (Å²) in [6, 6.07) is 4.79. The quantitative estimate of drug-likeness (QED) is 0.744. The molecule has 1 aromatic carbocycles. The summed E-state index contributed by atoms with van der Waals surface area (Å²) >= 11 is 11.8. The standard InChI is InChI=1S/C15H21Cl2NO2S/c1-3-15(4-2)7-8-18(11-15)21(19,20)13-6-5-12(10-16)14(17)9-13/h5-6,9H,3-4,7-8,10-11H2,1-2H3. The van der Waals surface area contributed by atoms with Crippen LogP contribution in [0.1, 0.15) is 38.7 Å². The molecule has 0 saturated carbocycles. The van der Waals surface area contributed by atoms with E-state index < -0.39 is 10.0 Å². The third-order valence-electron chi connectivity index (χ3n) is 4.71. The van der Waals surface area contributed by atoms with E-state index in [-0.39, 0.29) is 16.2 Å². The molecule has 0 spiro atoms. The maximum atomic E-state index is 12.7. The second kappa shape index (κ2) is 6.45. The van der Waals surface area contributed by atoms with E-state index in [0.717, 1.165) is 24.8 Å². The van der Waals surface area contributed by atoms with Gasteiger partial charge in [0.05, 0.1) is 4.90 Å². The zero-order chi connectivity index (χ0) is 15.7. The van der Waals surface area contributed by atoms with Crippen molar-refractivity contribution in [2.45, 2.75) is 43.9 Å². The van der Waals surface area contributed by atoms with Crippen molar-refractivity contribution in [3.63, 3.8) is 0 Å². The molecule has 0 radical (unpaired) electrons. The molecule has 0 amide bonds. The second-order valence-corrected chi connectivity index (χ2v) is 8.29. The average Bonchev–Trinajstić information content (AvgIpc) is 2.93. The summed E-state index contributed by atoms with van der Waals surface area (Å²) in [5.41, 5.74) is 0.864. The smallest absolute Gasteiger partial charge is 0.207 e. The van der Waals surface area contributed by atoms with Gasteiger partial charge in [0.2, 0.25) is 10.0 Å². The molecular formula is C15H21Cl2NO2S. The molecule has 1 fully saturated rings. The Kier molecular flexibility index (Phi) is 5.24. The lowest BCUT2D eigenvalue weighted by atomic mass is 9.82. The van der Waals surface area contributed by atoms with Crippen LogP contribution >= 0.6 is 23.2 Å². The fourth-order valence-corrected chi connectivity index (χ4v) is 5.07. The van der Waals surface area contributed by atoms with Gasteiger partial charge in [0.25, 0.3) is 0 Å². The maximum Gasteiger partial charge on any atom is 0.243 e. The number of hydrogen-bond donors (Lipinski definition) is 0. The molecular weight excluding hydrogens is 329 g/mol. The first kappa shape index (κ1) is 17.1. The van der Waals surface area contributed by atoms with E-state index in [2.05, 4.69) is 13.8 Å². The van der Waals surface area contributed by atoms with E-state index in [4.69, 9.17) is 23.2 Å². The molecule has 21 heavy (non-hydrogen) atoms. The highest BCUT2D eigenvalue weighted by atomic mass is 35.5. The fourth-order valence-electron chi connectivity index (χ4n) is 2.87. The number of sulfonamides is 1. The Morgan fingerprint density at radius 1 is 1.29 bits per heavy atom. The average molecular weight is 350 g/mol. The molecule has 0 aromatic heterocycles. The van der Waals surface area contributed by atoms with E-state index in [0.29, 0.717) is 18.1 Å². The summed E-state index contributed by atoms with van der Waals surface area (Å²) in [4.78, 5) is 0.254. The highest BCUT2D eigenvalue weighted by Gasteiger charge is 2.40. The lowest BCUT2D eigenvalue weighted by molar-refractivity contribution is 0.279. The minimum atomic E-state index is -3.47. The molecule has 1 aliphatic rings. The normalized spacial score (nSPS) is 19.0. The number of alkyl halides is 1. The minimum Gasteiger partial charge on any atom is -0.207 e. The van der Waals surface area contributed by atoms with Gasteiger partial charge in [-0.1, -0.05) is 31.5 Å². The van der Waals surface area contributed by atoms with Crippen molar-refractivity contribution in [1.29, 1.82) is 0 Å². The summed E-state index contributed by atoms with van der Waals surface area (Å²) in [5.74, 6) is 0.275. The van der Waals surface area contributed by atoms with Crippen molar-refractivity contribution in [2.24, 2.45) is 5.41 Å². The molecule has 0 aliphatic carbocycles. The number of halogens is 2. The van der Waals surface area contributed by atoms with Crippen LogP contribution in [0.5, 0.6) is 0 Å². The summed E-state index contributed by atoms with van der Waals surface area (Å²) in [7, 11) is -3.47. The van der Waals surface area contributed by atoms with Crippen LogP contribution in [0, 0.1) is 5.41 Å². The van der Waals surface area contributed by atoms with Gasteiger partial charge >= 0.3 is 0 Å². The summed E-state index contributed by atoms with van der Waals surface area (Å²) in [6.07, 6.45) is 2.93. The van der Waals surface area contributed by atoms with Crippen molar-refractivity contribution < 1.29 is 8.42 Å². The molecule has 6 heteroatoms. The van der Waals surface area contributed by atoms with Crippen molar-refractivity contribution in [3.8, 4) is 0 Å². The highest BCUT2D eigenvalue weighted by molar-refractivity contribution is 7.89. The fraction of sp³-hybridized carbons (Fsp3) is 0.600. The van der Waals surface area contributed by atoms with E-state index in [1.807, 2.05) is 0 Å². The molecule has 118 valence electrons. The van der Waals surface area contributed by atoms with Crippen molar-refractivity contribution in [1.82, 2.24) is 4.31 Å². The summed E-state index contributed by atoms with van der Waals surface area (Å²) in [5, 5.41) is 0.405. The Morgan fingerprint density at radius 2 is 1.95 bits per heavy atom. The van der Waals surface area contributed by atoms with Crippen LogP contribution in [-0.4, -0.2) is 25.8 Å². The minimum absolute atomic E-state index is 0.118. The Morgan fingerprint density at radius 3 is 2.43 bits per heavy atom. The Labute approximate surface area is 137 Å². The largest absolute Gasteiger partial charge is 0.243 e. The lowest BCUT2D eigenvalue weighted by Gasteiger charge is -2.26. The van der Waals surface area contributed by atoms with E-state index in [9.17, 15) is 8.42 Å². The van der Waals surface area contributed by atoms with Gasteiger partial charge in [0.1, 0.15) is 0 Å². The monoisotopic (exact) mass is 349 g/mol. The Hall–Kier alpha value is -0.290. The molecule has 3 nitrogen and oxygen atoms in total. The lowest BCUT2D eigenvalue weighted by Crippen LogP contribution is -2.31. The van der Waals surface area contributed by atoms with Gasteiger partial charge in [0.15, 0.2) is 0 Å². The highest BCUT2D eigenvalue weighted by Crippen LogP contribution is 2.39. The first-order valence-corrected chi connectivity index (χ1v) is 9.58. The molecule has 1 aliphatic heterocycles. The van der Waals surface area contributed by atoms with Crippen molar-refractivity contribution in [2.75, 3.05) is 13.1 Å². The zero-order valence-corrected chi connectivity index (χ0v) is 14.7. The van der Waals surface area contributed by atoms with Gasteiger partial charge in [-0.05, 0) is 42.4 Å². The topological polar surface area (TPSA) is 37.4 Å². The SMILES string of the molecule is CCC1(CC)CCN(S(=O)(=O)c2ccc(CCl)c(Cl)c2)C1. The Bertz CT molecular complexity index is 612. The van der Waals surface area contributed by atoms with Crippen LogP contribution in [0.25, 0.3) is 0 Å². The molecule has 1 saturated heterocycles.